The third kappa shape index (κ3) is 2.46. The Balaban J connectivity index is 2.01. The standard InChI is InChI=1S/C14H16ClN3O/c1-17-4-6-18(7-5-17)14-9-13(19)11-8-10(15)2-3-12(11)16-14/h2-3,8-9H,4-7H2,1H3,(H,16,19). The summed E-state index contributed by atoms with van der Waals surface area (Å²) in [6.07, 6.45) is 0. The van der Waals surface area contributed by atoms with E-state index in [1.165, 1.54) is 0 Å². The van der Waals surface area contributed by atoms with Gasteiger partial charge in [0, 0.05) is 42.7 Å². The van der Waals surface area contributed by atoms with Crippen molar-refractivity contribution in [2.45, 2.75) is 0 Å². The van der Waals surface area contributed by atoms with Crippen molar-refractivity contribution >= 4 is 28.3 Å². The van der Waals surface area contributed by atoms with Crippen molar-refractivity contribution in [3.8, 4) is 0 Å². The van der Waals surface area contributed by atoms with Crippen molar-refractivity contribution in [3.63, 3.8) is 0 Å². The van der Waals surface area contributed by atoms with Gasteiger partial charge in [0.15, 0.2) is 5.43 Å². The SMILES string of the molecule is CN1CCN(c2cc(=O)c3cc(Cl)ccc3[nH]2)CC1. The molecule has 5 heteroatoms. The number of nitrogens with one attached hydrogen (secondary N) is 1. The van der Waals surface area contributed by atoms with Crippen LogP contribution in [0, 0.1) is 0 Å². The molecule has 0 saturated carbocycles. The first-order valence-corrected chi connectivity index (χ1v) is 6.77. The van der Waals surface area contributed by atoms with E-state index in [9.17, 15) is 4.79 Å². The number of hydrogen-bond acceptors (Lipinski definition) is 3. The van der Waals surface area contributed by atoms with Crippen LogP contribution in [0.2, 0.25) is 5.02 Å². The average Bonchev–Trinajstić information content (AvgIpc) is 2.40. The van der Waals surface area contributed by atoms with Crippen molar-refractivity contribution in [3.05, 3.63) is 39.5 Å². The number of aromatic nitrogens is 1. The van der Waals surface area contributed by atoms with E-state index in [1.54, 1.807) is 18.2 Å². The van der Waals surface area contributed by atoms with Gasteiger partial charge in [0.25, 0.3) is 0 Å². The molecule has 0 aliphatic carbocycles. The summed E-state index contributed by atoms with van der Waals surface area (Å²) < 4.78 is 0. The van der Waals surface area contributed by atoms with Gasteiger partial charge in [-0.05, 0) is 25.2 Å². The molecule has 0 radical (unpaired) electrons. The second-order valence-electron chi connectivity index (χ2n) is 5.00. The lowest BCUT2D eigenvalue weighted by atomic mass is 10.2. The molecule has 1 aliphatic heterocycles. The molecule has 0 unspecified atom stereocenters. The normalized spacial score (nSPS) is 17.1. The predicted octanol–water partition coefficient (Wildman–Crippen LogP) is 1.93. The van der Waals surface area contributed by atoms with Gasteiger partial charge in [-0.25, -0.2) is 0 Å². The zero-order valence-corrected chi connectivity index (χ0v) is 11.6. The summed E-state index contributed by atoms with van der Waals surface area (Å²) in [6, 6.07) is 7.04. The molecule has 2 heterocycles. The van der Waals surface area contributed by atoms with Crippen LogP contribution in [0.5, 0.6) is 0 Å². The molecule has 0 spiro atoms. The highest BCUT2D eigenvalue weighted by atomic mass is 35.5. The Morgan fingerprint density at radius 2 is 1.89 bits per heavy atom. The van der Waals surface area contributed by atoms with Gasteiger partial charge >= 0.3 is 0 Å². The predicted molar refractivity (Wildman–Crippen MR) is 79.3 cm³/mol. The number of anilines is 1. The molecule has 0 amide bonds. The minimum Gasteiger partial charge on any atom is -0.355 e. The molecular weight excluding hydrogens is 262 g/mol. The highest BCUT2D eigenvalue weighted by molar-refractivity contribution is 6.31. The molecule has 3 rings (SSSR count). The molecule has 100 valence electrons. The van der Waals surface area contributed by atoms with Gasteiger partial charge in [0.2, 0.25) is 0 Å². The van der Waals surface area contributed by atoms with Gasteiger partial charge in [-0.15, -0.1) is 0 Å². The second kappa shape index (κ2) is 4.87. The van der Waals surface area contributed by atoms with Crippen LogP contribution in [0.4, 0.5) is 5.82 Å². The topological polar surface area (TPSA) is 39.3 Å². The first-order valence-electron chi connectivity index (χ1n) is 6.39. The number of benzene rings is 1. The zero-order chi connectivity index (χ0) is 13.4. The first kappa shape index (κ1) is 12.5. The molecule has 1 aromatic carbocycles. The Hall–Kier alpha value is -1.52. The fourth-order valence-corrected chi connectivity index (χ4v) is 2.60. The van der Waals surface area contributed by atoms with Gasteiger partial charge in [-0.3, -0.25) is 4.79 Å². The molecule has 19 heavy (non-hydrogen) atoms. The lowest BCUT2D eigenvalue weighted by Gasteiger charge is -2.33. The van der Waals surface area contributed by atoms with Gasteiger partial charge in [-0.2, -0.15) is 0 Å². The highest BCUT2D eigenvalue weighted by Crippen LogP contribution is 2.19. The molecule has 1 aromatic heterocycles. The number of hydrogen-bond donors (Lipinski definition) is 1. The maximum atomic E-state index is 12.1. The number of aromatic amines is 1. The largest absolute Gasteiger partial charge is 0.355 e. The number of piperazine rings is 1. The monoisotopic (exact) mass is 277 g/mol. The highest BCUT2D eigenvalue weighted by Gasteiger charge is 2.15. The number of H-pyrrole nitrogens is 1. The summed E-state index contributed by atoms with van der Waals surface area (Å²) in [4.78, 5) is 20.0. The molecular formula is C14H16ClN3O. The summed E-state index contributed by atoms with van der Waals surface area (Å²) in [7, 11) is 2.11. The van der Waals surface area contributed by atoms with E-state index in [0.717, 1.165) is 37.5 Å². The number of fused-ring (bicyclic) bond motifs is 1. The molecule has 0 bridgehead atoms. The smallest absolute Gasteiger partial charge is 0.191 e. The molecule has 1 aliphatic rings. The number of halogens is 1. The molecule has 0 atom stereocenters. The second-order valence-corrected chi connectivity index (χ2v) is 5.44. The van der Waals surface area contributed by atoms with Gasteiger partial charge in [0.05, 0.1) is 5.52 Å². The lowest BCUT2D eigenvalue weighted by Crippen LogP contribution is -2.45. The van der Waals surface area contributed by atoms with E-state index in [4.69, 9.17) is 11.6 Å². The fourth-order valence-electron chi connectivity index (χ4n) is 2.42. The molecule has 1 N–H and O–H groups in total. The average molecular weight is 278 g/mol. The van der Waals surface area contributed by atoms with Crippen LogP contribution in [0.15, 0.2) is 29.1 Å². The lowest BCUT2D eigenvalue weighted by molar-refractivity contribution is 0.312. The van der Waals surface area contributed by atoms with Crippen LogP contribution in [-0.4, -0.2) is 43.1 Å². The minimum absolute atomic E-state index is 0.0187. The van der Waals surface area contributed by atoms with E-state index < -0.39 is 0 Å². The third-order valence-corrected chi connectivity index (χ3v) is 3.86. The summed E-state index contributed by atoms with van der Waals surface area (Å²) >= 11 is 5.93. The maximum absolute atomic E-state index is 12.1. The summed E-state index contributed by atoms with van der Waals surface area (Å²) in [6.45, 7) is 3.90. The Bertz CT molecular complexity index is 659. The third-order valence-electron chi connectivity index (χ3n) is 3.62. The van der Waals surface area contributed by atoms with Crippen LogP contribution in [0.1, 0.15) is 0 Å². The van der Waals surface area contributed by atoms with E-state index in [1.807, 2.05) is 6.07 Å². The fraction of sp³-hybridized carbons (Fsp3) is 0.357. The summed E-state index contributed by atoms with van der Waals surface area (Å²) in [5, 5.41) is 1.23. The molecule has 2 aromatic rings. The zero-order valence-electron chi connectivity index (χ0n) is 10.8. The summed E-state index contributed by atoms with van der Waals surface area (Å²) in [5.74, 6) is 0.896. The van der Waals surface area contributed by atoms with Crippen molar-refractivity contribution in [2.75, 3.05) is 38.1 Å². The van der Waals surface area contributed by atoms with Crippen molar-refractivity contribution in [1.82, 2.24) is 9.88 Å². The van der Waals surface area contributed by atoms with Crippen LogP contribution < -0.4 is 10.3 Å². The van der Waals surface area contributed by atoms with Crippen LogP contribution >= 0.6 is 11.6 Å². The van der Waals surface area contributed by atoms with Crippen molar-refractivity contribution < 1.29 is 0 Å². The minimum atomic E-state index is 0.0187. The van der Waals surface area contributed by atoms with Gasteiger partial charge in [-0.1, -0.05) is 11.6 Å². The summed E-state index contributed by atoms with van der Waals surface area (Å²) in [5.41, 5.74) is 0.857. The van der Waals surface area contributed by atoms with Gasteiger partial charge < -0.3 is 14.8 Å². The maximum Gasteiger partial charge on any atom is 0.191 e. The van der Waals surface area contributed by atoms with Crippen LogP contribution in [-0.2, 0) is 0 Å². The van der Waals surface area contributed by atoms with E-state index in [0.29, 0.717) is 10.4 Å². The number of rotatable bonds is 1. The van der Waals surface area contributed by atoms with E-state index in [-0.39, 0.29) is 5.43 Å². The van der Waals surface area contributed by atoms with Crippen LogP contribution in [0.3, 0.4) is 0 Å². The Morgan fingerprint density at radius 1 is 1.16 bits per heavy atom. The first-order chi connectivity index (χ1) is 9.13. The number of nitrogens with zero attached hydrogens (tertiary/aromatic N) is 2. The number of pyridine rings is 1. The van der Waals surface area contributed by atoms with E-state index >= 15 is 0 Å². The van der Waals surface area contributed by atoms with E-state index in [2.05, 4.69) is 21.8 Å². The van der Waals surface area contributed by atoms with Crippen molar-refractivity contribution in [2.24, 2.45) is 0 Å². The Kier molecular flexibility index (Phi) is 3.21. The van der Waals surface area contributed by atoms with Crippen molar-refractivity contribution in [1.29, 1.82) is 0 Å². The van der Waals surface area contributed by atoms with Crippen LogP contribution in [0.25, 0.3) is 10.9 Å². The number of likely N-dealkylation sites (N-methyl/N-ethyl adjacent to an activating group) is 1. The molecule has 1 saturated heterocycles. The Labute approximate surface area is 116 Å². The quantitative estimate of drug-likeness (QED) is 0.866. The molecule has 1 fully saturated rings. The molecule has 4 nitrogen and oxygen atoms in total. The van der Waals surface area contributed by atoms with Gasteiger partial charge in [0.1, 0.15) is 5.82 Å². The Morgan fingerprint density at radius 3 is 2.63 bits per heavy atom.